The molecule has 144 valence electrons. The molecule has 1 saturated heterocycles. The molecule has 0 bridgehead atoms. The Bertz CT molecular complexity index is 901. The van der Waals surface area contributed by atoms with Crippen molar-refractivity contribution in [1.82, 2.24) is 29.5 Å². The van der Waals surface area contributed by atoms with Crippen molar-refractivity contribution in [3.63, 3.8) is 0 Å². The summed E-state index contributed by atoms with van der Waals surface area (Å²) < 4.78 is 1.85. The van der Waals surface area contributed by atoms with Crippen LogP contribution in [0.3, 0.4) is 0 Å². The van der Waals surface area contributed by atoms with Crippen LogP contribution in [0.2, 0.25) is 0 Å². The predicted molar refractivity (Wildman–Crippen MR) is 107 cm³/mol. The average Bonchev–Trinajstić information content (AvgIpc) is 3.38. The summed E-state index contributed by atoms with van der Waals surface area (Å²) in [6, 6.07) is 8.79. The van der Waals surface area contributed by atoms with Gasteiger partial charge in [0, 0.05) is 48.2 Å². The van der Waals surface area contributed by atoms with Gasteiger partial charge in [-0.2, -0.15) is 5.10 Å². The lowest BCUT2D eigenvalue weighted by molar-refractivity contribution is 0.238. The Morgan fingerprint density at radius 1 is 1.33 bits per heavy atom. The molecule has 2 aromatic heterocycles. The fourth-order valence-corrected chi connectivity index (χ4v) is 3.93. The number of nitrogens with one attached hydrogen (secondary N) is 1. The number of aromatic amines is 1. The average molecular weight is 368 g/mol. The van der Waals surface area contributed by atoms with Gasteiger partial charge in [-0.05, 0) is 33.1 Å². The smallest absolute Gasteiger partial charge is 0.183 e. The number of benzene rings is 1. The first-order valence-corrected chi connectivity index (χ1v) is 9.65. The third-order valence-electron chi connectivity index (χ3n) is 5.57. The quantitative estimate of drug-likeness (QED) is 0.663. The van der Waals surface area contributed by atoms with Gasteiger partial charge in [0.25, 0.3) is 0 Å². The monoisotopic (exact) mass is 368 g/mol. The molecule has 7 nitrogen and oxygen atoms in total. The molecule has 0 amide bonds. The fraction of sp³-hybridized carbons (Fsp3) is 0.500. The maximum atomic E-state index is 9.42. The molecule has 3 aromatic rings. The van der Waals surface area contributed by atoms with Gasteiger partial charge in [-0.15, -0.1) is 0 Å². The molecule has 1 aromatic carbocycles. The number of likely N-dealkylation sites (tertiary alicyclic amines) is 1. The van der Waals surface area contributed by atoms with Gasteiger partial charge in [0.05, 0.1) is 13.2 Å². The zero-order valence-corrected chi connectivity index (χ0v) is 16.1. The van der Waals surface area contributed by atoms with Gasteiger partial charge in [0.15, 0.2) is 5.82 Å². The molecule has 1 aliphatic rings. The van der Waals surface area contributed by atoms with E-state index in [1.807, 2.05) is 23.0 Å². The van der Waals surface area contributed by atoms with Crippen LogP contribution >= 0.6 is 0 Å². The van der Waals surface area contributed by atoms with Crippen LogP contribution in [0.5, 0.6) is 0 Å². The van der Waals surface area contributed by atoms with Crippen molar-refractivity contribution in [2.24, 2.45) is 0 Å². The molecule has 0 spiro atoms. The molecule has 1 atom stereocenters. The van der Waals surface area contributed by atoms with Crippen LogP contribution in [0.15, 0.2) is 30.5 Å². The number of fused-ring (bicyclic) bond motifs is 1. The zero-order chi connectivity index (χ0) is 18.8. The highest BCUT2D eigenvalue weighted by atomic mass is 16.3. The summed E-state index contributed by atoms with van der Waals surface area (Å²) in [5.41, 5.74) is 2.09. The Morgan fingerprint density at radius 3 is 2.96 bits per heavy atom. The Morgan fingerprint density at radius 2 is 2.19 bits per heavy atom. The van der Waals surface area contributed by atoms with Gasteiger partial charge in [0.2, 0.25) is 0 Å². The molecule has 2 N–H and O–H groups in total. The lowest BCUT2D eigenvalue weighted by atomic mass is 10.2. The van der Waals surface area contributed by atoms with Crippen molar-refractivity contribution in [3.05, 3.63) is 36.3 Å². The molecule has 1 aliphatic heterocycles. The number of aliphatic hydroxyl groups is 1. The van der Waals surface area contributed by atoms with Crippen LogP contribution in [-0.4, -0.2) is 81.0 Å². The van der Waals surface area contributed by atoms with Gasteiger partial charge in [-0.3, -0.25) is 0 Å². The third-order valence-corrected chi connectivity index (χ3v) is 5.57. The van der Waals surface area contributed by atoms with Crippen molar-refractivity contribution in [2.45, 2.75) is 25.4 Å². The molecule has 0 radical (unpaired) electrons. The third kappa shape index (κ3) is 3.76. The van der Waals surface area contributed by atoms with Crippen molar-refractivity contribution in [1.29, 1.82) is 0 Å². The molecule has 3 heterocycles. The lowest BCUT2D eigenvalue weighted by Gasteiger charge is -2.23. The largest absolute Gasteiger partial charge is 0.394 e. The van der Waals surface area contributed by atoms with E-state index in [1.165, 1.54) is 13.0 Å². The molecule has 0 saturated carbocycles. The van der Waals surface area contributed by atoms with E-state index >= 15 is 0 Å². The van der Waals surface area contributed by atoms with E-state index in [0.717, 1.165) is 47.6 Å². The zero-order valence-electron chi connectivity index (χ0n) is 16.1. The first kappa shape index (κ1) is 18.2. The number of H-pyrrole nitrogens is 1. The SMILES string of the molecule is CN1CC[C@@H](N(C)CCc2nc(-c3c[nH]c4ccccc34)nn2CCO)C1. The normalized spacial score (nSPS) is 18.1. The first-order valence-electron chi connectivity index (χ1n) is 9.65. The number of aromatic nitrogens is 4. The summed E-state index contributed by atoms with van der Waals surface area (Å²) >= 11 is 0. The van der Waals surface area contributed by atoms with Crippen molar-refractivity contribution in [2.75, 3.05) is 40.3 Å². The molecular formula is C20H28N6O. The van der Waals surface area contributed by atoms with Crippen LogP contribution in [0.25, 0.3) is 22.3 Å². The maximum absolute atomic E-state index is 9.42. The molecule has 0 aliphatic carbocycles. The molecule has 4 rings (SSSR count). The highest BCUT2D eigenvalue weighted by Crippen LogP contribution is 2.26. The van der Waals surface area contributed by atoms with Crippen molar-refractivity contribution >= 4 is 10.9 Å². The minimum absolute atomic E-state index is 0.0624. The van der Waals surface area contributed by atoms with Gasteiger partial charge in [0.1, 0.15) is 5.82 Å². The summed E-state index contributed by atoms with van der Waals surface area (Å²) in [6.45, 7) is 3.77. The number of para-hydroxylation sites is 1. The summed E-state index contributed by atoms with van der Waals surface area (Å²) in [5.74, 6) is 1.65. The van der Waals surface area contributed by atoms with Gasteiger partial charge in [-0.25, -0.2) is 9.67 Å². The highest BCUT2D eigenvalue weighted by molar-refractivity contribution is 5.93. The Kier molecular flexibility index (Phi) is 5.24. The summed E-state index contributed by atoms with van der Waals surface area (Å²) in [4.78, 5) is 12.9. The second-order valence-electron chi connectivity index (χ2n) is 7.48. The van der Waals surface area contributed by atoms with Crippen molar-refractivity contribution in [3.8, 4) is 11.4 Å². The van der Waals surface area contributed by atoms with Crippen LogP contribution in [0.1, 0.15) is 12.2 Å². The number of nitrogens with zero attached hydrogens (tertiary/aromatic N) is 5. The standard InChI is InChI=1S/C20H28N6O/c1-24-9-7-15(14-24)25(2)10-8-19-22-20(23-26(19)11-12-27)17-13-21-18-6-4-3-5-16(17)18/h3-6,13,15,21,27H,7-12,14H2,1-2H3/t15-/m1/s1. The van der Waals surface area contributed by atoms with E-state index in [9.17, 15) is 5.11 Å². The van der Waals surface area contributed by atoms with E-state index in [0.29, 0.717) is 12.6 Å². The van der Waals surface area contributed by atoms with E-state index in [1.54, 1.807) is 0 Å². The molecule has 1 fully saturated rings. The Labute approximate surface area is 159 Å². The van der Waals surface area contributed by atoms with Crippen LogP contribution < -0.4 is 0 Å². The second kappa shape index (κ2) is 7.80. The molecule has 0 unspecified atom stereocenters. The number of likely N-dealkylation sites (N-methyl/N-ethyl adjacent to an activating group) is 2. The number of hydrogen-bond donors (Lipinski definition) is 2. The summed E-state index contributed by atoms with van der Waals surface area (Å²) in [7, 11) is 4.37. The van der Waals surface area contributed by atoms with E-state index in [-0.39, 0.29) is 6.61 Å². The Hall–Kier alpha value is -2.22. The minimum atomic E-state index is 0.0624. The Balaban J connectivity index is 1.54. The van der Waals surface area contributed by atoms with Gasteiger partial charge >= 0.3 is 0 Å². The maximum Gasteiger partial charge on any atom is 0.183 e. The highest BCUT2D eigenvalue weighted by Gasteiger charge is 2.23. The second-order valence-corrected chi connectivity index (χ2v) is 7.48. The molecule has 27 heavy (non-hydrogen) atoms. The van der Waals surface area contributed by atoms with E-state index in [4.69, 9.17) is 4.98 Å². The number of hydrogen-bond acceptors (Lipinski definition) is 5. The predicted octanol–water partition coefficient (Wildman–Crippen LogP) is 1.60. The van der Waals surface area contributed by atoms with Gasteiger partial charge < -0.3 is 19.9 Å². The van der Waals surface area contributed by atoms with E-state index in [2.05, 4.69) is 46.1 Å². The van der Waals surface area contributed by atoms with Gasteiger partial charge in [-0.1, -0.05) is 18.2 Å². The van der Waals surface area contributed by atoms with E-state index < -0.39 is 0 Å². The number of aliphatic hydroxyl groups excluding tert-OH is 1. The minimum Gasteiger partial charge on any atom is -0.394 e. The topological polar surface area (TPSA) is 73.2 Å². The lowest BCUT2D eigenvalue weighted by Crippen LogP contribution is -2.35. The van der Waals surface area contributed by atoms with Crippen LogP contribution in [-0.2, 0) is 13.0 Å². The van der Waals surface area contributed by atoms with Crippen LogP contribution in [0, 0.1) is 0 Å². The fourth-order valence-electron chi connectivity index (χ4n) is 3.93. The summed E-state index contributed by atoms with van der Waals surface area (Å²) in [6.07, 6.45) is 4.01. The van der Waals surface area contributed by atoms with Crippen LogP contribution in [0.4, 0.5) is 0 Å². The van der Waals surface area contributed by atoms with Crippen molar-refractivity contribution < 1.29 is 5.11 Å². The summed E-state index contributed by atoms with van der Waals surface area (Å²) in [5, 5.41) is 15.2. The number of rotatable bonds is 7. The molecule has 7 heteroatoms. The molecular weight excluding hydrogens is 340 g/mol. The first-order chi connectivity index (χ1) is 13.2.